The predicted molar refractivity (Wildman–Crippen MR) is 65.1 cm³/mol. The highest BCUT2D eigenvalue weighted by Gasteiger charge is 2.19. The quantitative estimate of drug-likeness (QED) is 0.881. The van der Waals surface area contributed by atoms with Gasteiger partial charge < -0.3 is 10.1 Å². The number of hydrogen-bond donors (Lipinski definition) is 1. The van der Waals surface area contributed by atoms with Crippen LogP contribution in [0.1, 0.15) is 10.4 Å². The van der Waals surface area contributed by atoms with E-state index in [1.165, 1.54) is 19.2 Å². The SMILES string of the molecule is COc1cccc(NC(=O)c2cc(F)nc(F)c2F)c1. The lowest BCUT2D eigenvalue weighted by Crippen LogP contribution is -2.16. The number of rotatable bonds is 3. The number of ether oxygens (including phenoxy) is 1. The lowest BCUT2D eigenvalue weighted by molar-refractivity contribution is 0.102. The molecule has 1 aromatic heterocycles. The minimum Gasteiger partial charge on any atom is -0.497 e. The van der Waals surface area contributed by atoms with Crippen LogP contribution in [0.25, 0.3) is 0 Å². The van der Waals surface area contributed by atoms with Gasteiger partial charge in [0.2, 0.25) is 5.95 Å². The second-order valence-electron chi connectivity index (χ2n) is 3.78. The van der Waals surface area contributed by atoms with Crippen molar-refractivity contribution in [2.45, 2.75) is 0 Å². The van der Waals surface area contributed by atoms with Crippen molar-refractivity contribution in [3.63, 3.8) is 0 Å². The Bertz CT molecular complexity index is 662. The summed E-state index contributed by atoms with van der Waals surface area (Å²) in [6.45, 7) is 0. The lowest BCUT2D eigenvalue weighted by Gasteiger charge is -2.07. The monoisotopic (exact) mass is 282 g/mol. The predicted octanol–water partition coefficient (Wildman–Crippen LogP) is 2.76. The van der Waals surface area contributed by atoms with E-state index in [0.29, 0.717) is 17.5 Å². The van der Waals surface area contributed by atoms with E-state index in [1.54, 1.807) is 12.1 Å². The van der Waals surface area contributed by atoms with Gasteiger partial charge in [0.25, 0.3) is 11.9 Å². The molecule has 104 valence electrons. The van der Waals surface area contributed by atoms with Gasteiger partial charge in [-0.05, 0) is 12.1 Å². The normalized spacial score (nSPS) is 10.2. The number of nitrogens with zero attached hydrogens (tertiary/aromatic N) is 1. The van der Waals surface area contributed by atoms with E-state index in [1.807, 2.05) is 0 Å². The largest absolute Gasteiger partial charge is 0.497 e. The van der Waals surface area contributed by atoms with Gasteiger partial charge in [0, 0.05) is 17.8 Å². The van der Waals surface area contributed by atoms with Gasteiger partial charge in [-0.25, -0.2) is 4.39 Å². The minimum absolute atomic E-state index is 0.298. The van der Waals surface area contributed by atoms with Gasteiger partial charge in [-0.2, -0.15) is 13.8 Å². The number of aromatic nitrogens is 1. The Labute approximate surface area is 112 Å². The van der Waals surface area contributed by atoms with Gasteiger partial charge in [0.1, 0.15) is 5.75 Å². The Morgan fingerprint density at radius 3 is 2.70 bits per heavy atom. The first-order valence-electron chi connectivity index (χ1n) is 5.48. The van der Waals surface area contributed by atoms with Crippen LogP contribution in [-0.2, 0) is 0 Å². The van der Waals surface area contributed by atoms with Crippen molar-refractivity contribution in [2.24, 2.45) is 0 Å². The fraction of sp³-hybridized carbons (Fsp3) is 0.0769. The van der Waals surface area contributed by atoms with Crippen LogP contribution < -0.4 is 10.1 Å². The van der Waals surface area contributed by atoms with Crippen molar-refractivity contribution < 1.29 is 22.7 Å². The molecule has 0 fully saturated rings. The van der Waals surface area contributed by atoms with Crippen LogP contribution in [0.4, 0.5) is 18.9 Å². The summed E-state index contributed by atoms with van der Waals surface area (Å²) in [5, 5.41) is 2.31. The van der Waals surface area contributed by atoms with Crippen molar-refractivity contribution in [1.82, 2.24) is 4.98 Å². The maximum atomic E-state index is 13.4. The van der Waals surface area contributed by atoms with E-state index >= 15 is 0 Å². The van der Waals surface area contributed by atoms with Crippen LogP contribution in [0.3, 0.4) is 0 Å². The average Bonchev–Trinajstić information content (AvgIpc) is 2.43. The molecule has 0 saturated heterocycles. The molecule has 2 aromatic rings. The Morgan fingerprint density at radius 2 is 2.00 bits per heavy atom. The second-order valence-corrected chi connectivity index (χ2v) is 3.78. The average molecular weight is 282 g/mol. The topological polar surface area (TPSA) is 51.2 Å². The summed E-state index contributed by atoms with van der Waals surface area (Å²) >= 11 is 0. The van der Waals surface area contributed by atoms with Crippen molar-refractivity contribution in [3.8, 4) is 5.75 Å². The first-order chi connectivity index (χ1) is 9.51. The van der Waals surface area contributed by atoms with E-state index in [4.69, 9.17) is 4.74 Å². The molecular weight excluding hydrogens is 273 g/mol. The fourth-order valence-corrected chi connectivity index (χ4v) is 1.53. The Balaban J connectivity index is 2.28. The highest BCUT2D eigenvalue weighted by atomic mass is 19.2. The number of nitrogens with one attached hydrogen (secondary N) is 1. The highest BCUT2D eigenvalue weighted by molar-refractivity contribution is 6.04. The summed E-state index contributed by atoms with van der Waals surface area (Å²) in [7, 11) is 1.44. The van der Waals surface area contributed by atoms with Crippen LogP contribution in [0.15, 0.2) is 30.3 Å². The molecule has 0 unspecified atom stereocenters. The van der Waals surface area contributed by atoms with E-state index < -0.39 is 29.2 Å². The van der Waals surface area contributed by atoms with Crippen molar-refractivity contribution >= 4 is 11.6 Å². The molecule has 0 saturated carbocycles. The standard InChI is InChI=1S/C13H9F3N2O2/c1-20-8-4-2-3-7(5-8)17-13(19)9-6-10(14)18-12(16)11(9)15/h2-6H,1H3,(H,17,19). The van der Waals surface area contributed by atoms with Gasteiger partial charge in [0.05, 0.1) is 12.7 Å². The van der Waals surface area contributed by atoms with Crippen molar-refractivity contribution in [2.75, 3.05) is 12.4 Å². The van der Waals surface area contributed by atoms with Gasteiger partial charge >= 0.3 is 0 Å². The van der Waals surface area contributed by atoms with Crippen molar-refractivity contribution in [1.29, 1.82) is 0 Å². The molecule has 1 heterocycles. The third kappa shape index (κ3) is 2.87. The molecule has 1 N–H and O–H groups in total. The van der Waals surface area contributed by atoms with E-state index in [0.717, 1.165) is 0 Å². The zero-order chi connectivity index (χ0) is 14.7. The Morgan fingerprint density at radius 1 is 1.25 bits per heavy atom. The summed E-state index contributed by atoms with van der Waals surface area (Å²) in [5.41, 5.74) is -0.468. The summed E-state index contributed by atoms with van der Waals surface area (Å²) < 4.78 is 44.2. The summed E-state index contributed by atoms with van der Waals surface area (Å²) in [6, 6.07) is 6.75. The molecule has 0 spiro atoms. The number of methoxy groups -OCH3 is 1. The van der Waals surface area contributed by atoms with Crippen LogP contribution in [0.5, 0.6) is 5.75 Å². The summed E-state index contributed by atoms with van der Waals surface area (Å²) in [5.74, 6) is -4.97. The Kier molecular flexibility index (Phi) is 3.88. The number of anilines is 1. The first-order valence-corrected chi connectivity index (χ1v) is 5.48. The van der Waals surface area contributed by atoms with Gasteiger partial charge in [-0.15, -0.1) is 0 Å². The van der Waals surface area contributed by atoms with Crippen LogP contribution >= 0.6 is 0 Å². The third-order valence-corrected chi connectivity index (χ3v) is 2.46. The number of carbonyl (C=O) groups excluding carboxylic acids is 1. The summed E-state index contributed by atoms with van der Waals surface area (Å²) in [4.78, 5) is 14.4. The first kappa shape index (κ1) is 13.9. The Hall–Kier alpha value is -2.57. The van der Waals surface area contributed by atoms with Crippen molar-refractivity contribution in [3.05, 3.63) is 53.6 Å². The molecule has 0 aliphatic carbocycles. The zero-order valence-corrected chi connectivity index (χ0v) is 10.3. The molecule has 1 amide bonds. The molecule has 1 aromatic carbocycles. The van der Waals surface area contributed by atoms with Crippen LogP contribution in [0.2, 0.25) is 0 Å². The van der Waals surface area contributed by atoms with E-state index in [9.17, 15) is 18.0 Å². The molecule has 2 rings (SSSR count). The number of pyridine rings is 1. The third-order valence-electron chi connectivity index (χ3n) is 2.46. The molecule has 7 heteroatoms. The molecule has 20 heavy (non-hydrogen) atoms. The van der Waals surface area contributed by atoms with Gasteiger partial charge in [0.15, 0.2) is 5.82 Å². The maximum Gasteiger partial charge on any atom is 0.258 e. The molecule has 0 aliphatic heterocycles. The second kappa shape index (κ2) is 5.60. The zero-order valence-electron chi connectivity index (χ0n) is 10.3. The van der Waals surface area contributed by atoms with Gasteiger partial charge in [-0.3, -0.25) is 4.79 Å². The van der Waals surface area contributed by atoms with E-state index in [-0.39, 0.29) is 0 Å². The molecule has 0 aliphatic rings. The molecule has 0 bridgehead atoms. The number of carbonyl (C=O) groups is 1. The number of hydrogen-bond acceptors (Lipinski definition) is 3. The number of halogens is 3. The number of amides is 1. The van der Waals surface area contributed by atoms with Crippen LogP contribution in [-0.4, -0.2) is 18.0 Å². The lowest BCUT2D eigenvalue weighted by atomic mass is 10.2. The van der Waals surface area contributed by atoms with Crippen LogP contribution in [0, 0.1) is 17.7 Å². The maximum absolute atomic E-state index is 13.4. The van der Waals surface area contributed by atoms with E-state index in [2.05, 4.69) is 10.3 Å². The summed E-state index contributed by atoms with van der Waals surface area (Å²) in [6.07, 6.45) is 0. The molecule has 0 atom stereocenters. The smallest absolute Gasteiger partial charge is 0.258 e. The fourth-order valence-electron chi connectivity index (χ4n) is 1.53. The molecule has 0 radical (unpaired) electrons. The minimum atomic E-state index is -1.67. The molecular formula is C13H9F3N2O2. The molecule has 4 nitrogen and oxygen atoms in total. The van der Waals surface area contributed by atoms with Gasteiger partial charge in [-0.1, -0.05) is 6.07 Å². The highest BCUT2D eigenvalue weighted by Crippen LogP contribution is 2.19. The number of benzene rings is 1.